The minimum absolute atomic E-state index is 0.0795. The first kappa shape index (κ1) is 12.0. The Kier molecular flexibility index (Phi) is 2.65. The van der Waals surface area contributed by atoms with E-state index in [0.29, 0.717) is 18.3 Å². The first-order chi connectivity index (χ1) is 8.56. The van der Waals surface area contributed by atoms with E-state index in [1.807, 2.05) is 6.92 Å². The summed E-state index contributed by atoms with van der Waals surface area (Å²) in [5.41, 5.74) is 0. The van der Waals surface area contributed by atoms with Gasteiger partial charge in [-0.1, -0.05) is 6.92 Å². The molecule has 1 amide bonds. The van der Waals surface area contributed by atoms with Gasteiger partial charge in [-0.05, 0) is 49.4 Å². The zero-order valence-corrected chi connectivity index (χ0v) is 11.0. The van der Waals surface area contributed by atoms with E-state index in [0.717, 1.165) is 11.8 Å². The molecule has 0 aromatic heterocycles. The first-order valence-corrected chi connectivity index (χ1v) is 7.05. The number of fused-ring (bicyclic) bond motifs is 5. The van der Waals surface area contributed by atoms with Gasteiger partial charge < -0.3 is 10.0 Å². The molecule has 0 aromatic rings. The van der Waals surface area contributed by atoms with Crippen LogP contribution in [0.25, 0.3) is 0 Å². The van der Waals surface area contributed by atoms with Crippen LogP contribution in [0.4, 0.5) is 0 Å². The normalized spacial score (nSPS) is 41.3. The molecule has 0 saturated heterocycles. The van der Waals surface area contributed by atoms with Crippen LogP contribution in [0.2, 0.25) is 0 Å². The predicted octanol–water partition coefficient (Wildman–Crippen LogP) is 1.60. The number of carbonyl (C=O) groups is 2. The summed E-state index contributed by atoms with van der Waals surface area (Å²) in [6.07, 6.45) is 4.37. The maximum absolute atomic E-state index is 12.4. The van der Waals surface area contributed by atoms with Crippen molar-refractivity contribution in [1.82, 2.24) is 4.90 Å². The molecular formula is C14H21NO3. The first-order valence-electron chi connectivity index (χ1n) is 7.05. The fraction of sp³-hybridized carbons (Fsp3) is 0.857. The zero-order valence-electron chi connectivity index (χ0n) is 11.0. The molecular weight excluding hydrogens is 230 g/mol. The number of aliphatic carboxylic acids is 1. The Morgan fingerprint density at radius 2 is 1.83 bits per heavy atom. The molecule has 3 rings (SSSR count). The van der Waals surface area contributed by atoms with Crippen LogP contribution in [0, 0.1) is 29.6 Å². The van der Waals surface area contributed by atoms with Crippen LogP contribution in [-0.4, -0.2) is 35.0 Å². The van der Waals surface area contributed by atoms with Gasteiger partial charge in [-0.3, -0.25) is 4.79 Å². The Bertz CT molecular complexity index is 379. The van der Waals surface area contributed by atoms with Gasteiger partial charge in [0.1, 0.15) is 6.04 Å². The Morgan fingerprint density at radius 1 is 1.28 bits per heavy atom. The summed E-state index contributed by atoms with van der Waals surface area (Å²) in [7, 11) is 1.65. The lowest BCUT2D eigenvalue weighted by Crippen LogP contribution is -2.43. The molecule has 0 spiro atoms. The number of nitrogens with zero attached hydrogens (tertiary/aromatic N) is 1. The van der Waals surface area contributed by atoms with Crippen molar-refractivity contribution in [2.45, 2.75) is 38.6 Å². The van der Waals surface area contributed by atoms with Crippen LogP contribution in [0.1, 0.15) is 32.6 Å². The summed E-state index contributed by atoms with van der Waals surface area (Å²) in [5.74, 6) is 2.03. The number of carboxylic acids is 1. The van der Waals surface area contributed by atoms with Crippen LogP contribution >= 0.6 is 0 Å². The Morgan fingerprint density at radius 3 is 2.28 bits per heavy atom. The third-order valence-electron chi connectivity index (χ3n) is 5.51. The van der Waals surface area contributed by atoms with E-state index in [2.05, 4.69) is 0 Å². The SMILES string of the molecule is CCC(C(=O)O)N(C)C(=O)C1C2C3CCC(C3)C12. The number of carboxylic acid groups (broad SMARTS) is 1. The Hall–Kier alpha value is -1.06. The van der Waals surface area contributed by atoms with Crippen molar-refractivity contribution in [2.75, 3.05) is 7.05 Å². The highest BCUT2D eigenvalue weighted by Crippen LogP contribution is 2.69. The molecule has 3 aliphatic rings. The van der Waals surface area contributed by atoms with Crippen LogP contribution in [0.5, 0.6) is 0 Å². The van der Waals surface area contributed by atoms with Crippen molar-refractivity contribution in [1.29, 1.82) is 0 Å². The number of hydrogen-bond donors (Lipinski definition) is 1. The van der Waals surface area contributed by atoms with Crippen LogP contribution < -0.4 is 0 Å². The van der Waals surface area contributed by atoms with Gasteiger partial charge in [-0.15, -0.1) is 0 Å². The van der Waals surface area contributed by atoms with Gasteiger partial charge in [0.15, 0.2) is 0 Å². The second kappa shape index (κ2) is 3.97. The minimum atomic E-state index is -0.887. The van der Waals surface area contributed by atoms with E-state index in [9.17, 15) is 9.59 Å². The zero-order chi connectivity index (χ0) is 13.0. The van der Waals surface area contributed by atoms with Gasteiger partial charge in [0, 0.05) is 13.0 Å². The topological polar surface area (TPSA) is 57.6 Å². The molecule has 4 heteroatoms. The van der Waals surface area contributed by atoms with Crippen LogP contribution in [0.3, 0.4) is 0 Å². The molecule has 5 atom stereocenters. The maximum Gasteiger partial charge on any atom is 0.326 e. The van der Waals surface area contributed by atoms with Crippen molar-refractivity contribution in [3.63, 3.8) is 0 Å². The molecule has 0 aliphatic heterocycles. The standard InChI is InChI=1S/C14H21NO3/c1-3-9(14(17)18)15(2)13(16)12-10-7-4-5-8(6-7)11(10)12/h7-12H,3-6H2,1-2H3,(H,17,18). The van der Waals surface area contributed by atoms with Gasteiger partial charge >= 0.3 is 5.97 Å². The minimum Gasteiger partial charge on any atom is -0.480 e. The van der Waals surface area contributed by atoms with Gasteiger partial charge in [0.25, 0.3) is 0 Å². The van der Waals surface area contributed by atoms with E-state index < -0.39 is 12.0 Å². The van der Waals surface area contributed by atoms with Gasteiger partial charge in [0.05, 0.1) is 0 Å². The number of likely N-dealkylation sites (N-methyl/N-ethyl adjacent to an activating group) is 1. The lowest BCUT2D eigenvalue weighted by molar-refractivity contribution is -0.150. The number of hydrogen-bond acceptors (Lipinski definition) is 2. The van der Waals surface area contributed by atoms with Gasteiger partial charge in [0.2, 0.25) is 5.91 Å². The number of rotatable bonds is 4. The highest BCUT2D eigenvalue weighted by molar-refractivity contribution is 5.87. The third-order valence-corrected chi connectivity index (χ3v) is 5.51. The van der Waals surface area contributed by atoms with Crippen molar-refractivity contribution >= 4 is 11.9 Å². The summed E-state index contributed by atoms with van der Waals surface area (Å²) >= 11 is 0. The highest BCUT2D eigenvalue weighted by atomic mass is 16.4. The van der Waals surface area contributed by atoms with Gasteiger partial charge in [-0.2, -0.15) is 0 Å². The van der Waals surface area contributed by atoms with E-state index >= 15 is 0 Å². The molecule has 0 radical (unpaired) electrons. The average molecular weight is 251 g/mol. The number of amides is 1. The second-order valence-corrected chi connectivity index (χ2v) is 6.23. The summed E-state index contributed by atoms with van der Waals surface area (Å²) in [6, 6.07) is -0.656. The maximum atomic E-state index is 12.4. The van der Waals surface area contributed by atoms with Crippen molar-refractivity contribution in [2.24, 2.45) is 29.6 Å². The molecule has 1 N–H and O–H groups in total. The van der Waals surface area contributed by atoms with Crippen molar-refractivity contribution in [3.8, 4) is 0 Å². The molecule has 0 heterocycles. The highest BCUT2D eigenvalue weighted by Gasteiger charge is 2.68. The van der Waals surface area contributed by atoms with Crippen molar-refractivity contribution < 1.29 is 14.7 Å². The predicted molar refractivity (Wildman–Crippen MR) is 65.8 cm³/mol. The Labute approximate surface area is 107 Å². The smallest absolute Gasteiger partial charge is 0.326 e. The lowest BCUT2D eigenvalue weighted by Gasteiger charge is -2.25. The molecule has 0 aromatic carbocycles. The fourth-order valence-corrected chi connectivity index (χ4v) is 4.66. The average Bonchev–Trinajstić information content (AvgIpc) is 2.76. The van der Waals surface area contributed by atoms with Gasteiger partial charge in [-0.25, -0.2) is 4.79 Å². The molecule has 2 bridgehead atoms. The second-order valence-electron chi connectivity index (χ2n) is 6.23. The lowest BCUT2D eigenvalue weighted by atomic mass is 10.0. The fourth-order valence-electron chi connectivity index (χ4n) is 4.66. The third kappa shape index (κ3) is 1.50. The molecule has 3 saturated carbocycles. The summed E-state index contributed by atoms with van der Waals surface area (Å²) in [6.45, 7) is 1.82. The van der Waals surface area contributed by atoms with Crippen LogP contribution in [-0.2, 0) is 9.59 Å². The number of carbonyl (C=O) groups excluding carboxylic acids is 1. The molecule has 100 valence electrons. The molecule has 5 unspecified atom stereocenters. The van der Waals surface area contributed by atoms with E-state index in [-0.39, 0.29) is 11.8 Å². The summed E-state index contributed by atoms with van der Waals surface area (Å²) < 4.78 is 0. The van der Waals surface area contributed by atoms with E-state index in [4.69, 9.17) is 5.11 Å². The molecule has 3 fully saturated rings. The monoisotopic (exact) mass is 251 g/mol. The largest absolute Gasteiger partial charge is 0.480 e. The summed E-state index contributed by atoms with van der Waals surface area (Å²) in [5, 5.41) is 9.12. The summed E-state index contributed by atoms with van der Waals surface area (Å²) in [4.78, 5) is 25.0. The van der Waals surface area contributed by atoms with E-state index in [1.54, 1.807) is 7.05 Å². The van der Waals surface area contributed by atoms with Crippen LogP contribution in [0.15, 0.2) is 0 Å². The molecule has 3 aliphatic carbocycles. The van der Waals surface area contributed by atoms with E-state index in [1.165, 1.54) is 24.2 Å². The van der Waals surface area contributed by atoms with Crippen molar-refractivity contribution in [3.05, 3.63) is 0 Å². The Balaban J connectivity index is 1.68. The quantitative estimate of drug-likeness (QED) is 0.825. The molecule has 18 heavy (non-hydrogen) atoms. The molecule has 4 nitrogen and oxygen atoms in total.